The molecule has 2 saturated heterocycles. The molecule has 5 N–H and O–H groups in total. The van der Waals surface area contributed by atoms with Crippen LogP contribution in [0.15, 0.2) is 55.1 Å². The molecule has 0 spiro atoms. The number of halogens is 2. The van der Waals surface area contributed by atoms with Gasteiger partial charge in [0.05, 0.1) is 11.3 Å². The topological polar surface area (TPSA) is 205 Å². The van der Waals surface area contributed by atoms with Gasteiger partial charge in [-0.3, -0.25) is 24.0 Å². The molecule has 2 aliphatic rings. The highest BCUT2D eigenvalue weighted by atomic mass is 19.1. The molecule has 0 radical (unpaired) electrons. The zero-order chi connectivity index (χ0) is 36.5. The van der Waals surface area contributed by atoms with Crippen molar-refractivity contribution in [2.75, 3.05) is 13.1 Å². The highest BCUT2D eigenvalue weighted by molar-refractivity contribution is 6.01. The fourth-order valence-corrected chi connectivity index (χ4v) is 6.19. The van der Waals surface area contributed by atoms with Crippen LogP contribution in [0.1, 0.15) is 60.9 Å². The molecule has 0 saturated carbocycles. The molecule has 5 rings (SSSR count). The lowest BCUT2D eigenvalue weighted by atomic mass is 10.1. The normalized spacial score (nSPS) is 21.8. The molecule has 51 heavy (non-hydrogen) atoms. The SMILES string of the molecule is O=C1CC[C@@H](C(=O)O)NC(=O)[C@@H]2C[C@@H](NC(=O)CCc3ccc(F)cc3F)CN2C(=O)[C@@H](NC(=O)c2ccccc2-n2cncn2)CCCCN1. The van der Waals surface area contributed by atoms with Crippen LogP contribution in [0.2, 0.25) is 0 Å². The molecule has 2 aromatic carbocycles. The highest BCUT2D eigenvalue weighted by Crippen LogP contribution is 2.23. The second-order valence-corrected chi connectivity index (χ2v) is 12.4. The second kappa shape index (κ2) is 16.8. The number of aliphatic carboxylic acids is 1. The lowest BCUT2D eigenvalue weighted by Gasteiger charge is -2.29. The van der Waals surface area contributed by atoms with E-state index < -0.39 is 71.3 Å². The van der Waals surface area contributed by atoms with Crippen LogP contribution in [0.25, 0.3) is 5.69 Å². The Bertz CT molecular complexity index is 1770. The smallest absolute Gasteiger partial charge is 0.326 e. The van der Waals surface area contributed by atoms with Crippen molar-refractivity contribution in [3.63, 3.8) is 0 Å². The van der Waals surface area contributed by atoms with Crippen LogP contribution < -0.4 is 21.3 Å². The number of nitrogens with zero attached hydrogens (tertiary/aromatic N) is 4. The number of hydrogen-bond acceptors (Lipinski definition) is 8. The number of aryl methyl sites for hydroxylation is 1. The first-order valence-electron chi connectivity index (χ1n) is 16.6. The van der Waals surface area contributed by atoms with E-state index in [4.69, 9.17) is 0 Å². The molecule has 17 heteroatoms. The number of fused-ring (bicyclic) bond motifs is 1. The molecule has 5 amide bonds. The van der Waals surface area contributed by atoms with Crippen LogP contribution in [0.4, 0.5) is 8.78 Å². The summed E-state index contributed by atoms with van der Waals surface area (Å²) >= 11 is 0. The van der Waals surface area contributed by atoms with Gasteiger partial charge in [-0.2, -0.15) is 5.10 Å². The lowest BCUT2D eigenvalue weighted by Crippen LogP contribution is -2.55. The number of carboxylic acids is 1. The zero-order valence-electron chi connectivity index (χ0n) is 27.5. The Morgan fingerprint density at radius 2 is 1.82 bits per heavy atom. The third kappa shape index (κ3) is 9.49. The molecule has 2 aliphatic heterocycles. The Morgan fingerprint density at radius 3 is 2.57 bits per heavy atom. The number of carbonyl (C=O) groups is 6. The molecule has 4 atom stereocenters. The number of amides is 5. The van der Waals surface area contributed by atoms with Gasteiger partial charge in [0.15, 0.2) is 0 Å². The lowest BCUT2D eigenvalue weighted by molar-refractivity contribution is -0.144. The van der Waals surface area contributed by atoms with Crippen LogP contribution in [0.3, 0.4) is 0 Å². The summed E-state index contributed by atoms with van der Waals surface area (Å²) in [5.41, 5.74) is 0.737. The first kappa shape index (κ1) is 36.5. The van der Waals surface area contributed by atoms with Crippen molar-refractivity contribution in [3.8, 4) is 5.69 Å². The molecule has 3 heterocycles. The van der Waals surface area contributed by atoms with E-state index in [1.165, 1.54) is 28.3 Å². The van der Waals surface area contributed by atoms with Gasteiger partial charge in [-0.25, -0.2) is 23.2 Å². The van der Waals surface area contributed by atoms with Crippen molar-refractivity contribution in [3.05, 3.63) is 77.9 Å². The first-order chi connectivity index (χ1) is 24.5. The average molecular weight is 709 g/mol. The number of nitrogens with one attached hydrogen (secondary N) is 4. The maximum Gasteiger partial charge on any atom is 0.326 e. The molecule has 2 fully saturated rings. The maximum atomic E-state index is 14.3. The van der Waals surface area contributed by atoms with E-state index in [0.29, 0.717) is 18.5 Å². The first-order valence-corrected chi connectivity index (χ1v) is 16.6. The third-order valence-electron chi connectivity index (χ3n) is 8.82. The van der Waals surface area contributed by atoms with Gasteiger partial charge in [0, 0.05) is 38.0 Å². The monoisotopic (exact) mass is 708 g/mol. The Kier molecular flexibility index (Phi) is 12.0. The number of carbonyl (C=O) groups excluding carboxylic acids is 5. The minimum Gasteiger partial charge on any atom is -0.480 e. The number of aromatic nitrogens is 3. The van der Waals surface area contributed by atoms with Crippen LogP contribution in [-0.4, -0.2) is 97.5 Å². The van der Waals surface area contributed by atoms with Gasteiger partial charge in [0.25, 0.3) is 5.91 Å². The molecular formula is C34H38F2N8O7. The van der Waals surface area contributed by atoms with Crippen molar-refractivity contribution in [2.24, 2.45) is 0 Å². The summed E-state index contributed by atoms with van der Waals surface area (Å²) in [6, 6.07) is 5.04. The fraction of sp³-hybridized carbons (Fsp3) is 0.412. The summed E-state index contributed by atoms with van der Waals surface area (Å²) in [7, 11) is 0. The molecular weight excluding hydrogens is 670 g/mol. The summed E-state index contributed by atoms with van der Waals surface area (Å²) in [6.07, 6.45) is 3.04. The van der Waals surface area contributed by atoms with Crippen LogP contribution >= 0.6 is 0 Å². The van der Waals surface area contributed by atoms with E-state index >= 15 is 0 Å². The average Bonchev–Trinajstić information content (AvgIpc) is 3.79. The van der Waals surface area contributed by atoms with E-state index in [-0.39, 0.29) is 62.7 Å². The van der Waals surface area contributed by atoms with Crippen molar-refractivity contribution in [2.45, 2.75) is 75.5 Å². The molecule has 0 bridgehead atoms. The van der Waals surface area contributed by atoms with Crippen LogP contribution in [-0.2, 0) is 30.4 Å². The molecule has 270 valence electrons. The Hall–Kier alpha value is -5.74. The molecule has 1 aromatic heterocycles. The van der Waals surface area contributed by atoms with Gasteiger partial charge in [-0.15, -0.1) is 0 Å². The van der Waals surface area contributed by atoms with Crippen molar-refractivity contribution in [1.29, 1.82) is 0 Å². The summed E-state index contributed by atoms with van der Waals surface area (Å²) in [4.78, 5) is 84.2. The predicted octanol–water partition coefficient (Wildman–Crippen LogP) is 1.01. The van der Waals surface area contributed by atoms with Gasteiger partial charge < -0.3 is 31.3 Å². The predicted molar refractivity (Wildman–Crippen MR) is 175 cm³/mol. The van der Waals surface area contributed by atoms with Gasteiger partial charge in [-0.05, 0) is 62.3 Å². The molecule has 15 nitrogen and oxygen atoms in total. The standard InChI is InChI=1S/C34H38F2N8O7/c35-21-10-8-20(24(36)15-21)9-12-30(46)40-22-16-28-32(48)42-26(34(50)51)11-13-29(45)38-14-4-3-6-25(33(49)43(28)17-22)41-31(47)23-5-1-2-7-27(23)44-19-37-18-39-44/h1-2,5,7-8,10,15,18-19,22,25-26,28H,3-4,6,9,11-14,16-17H2,(H,38,45)(H,40,46)(H,41,47)(H,42,48)(H,50,51)/t22-,25+,26+,28+/m1/s1. The van der Waals surface area contributed by atoms with Gasteiger partial charge in [0.1, 0.15) is 42.4 Å². The van der Waals surface area contributed by atoms with Gasteiger partial charge >= 0.3 is 5.97 Å². The van der Waals surface area contributed by atoms with Crippen LogP contribution in [0, 0.1) is 11.6 Å². The summed E-state index contributed by atoms with van der Waals surface area (Å²) in [6.45, 7) is 0.0997. The van der Waals surface area contributed by atoms with E-state index in [1.807, 2.05) is 0 Å². The number of para-hydroxylation sites is 1. The number of rotatable bonds is 8. The Labute approximate surface area is 291 Å². The largest absolute Gasteiger partial charge is 0.480 e. The minimum absolute atomic E-state index is 0.0325. The molecule has 0 unspecified atom stereocenters. The van der Waals surface area contributed by atoms with E-state index in [9.17, 15) is 42.7 Å². The fourth-order valence-electron chi connectivity index (χ4n) is 6.19. The van der Waals surface area contributed by atoms with E-state index in [0.717, 1.165) is 12.1 Å². The van der Waals surface area contributed by atoms with E-state index in [2.05, 4.69) is 31.3 Å². The Morgan fingerprint density at radius 1 is 1.02 bits per heavy atom. The Balaban J connectivity index is 1.38. The van der Waals surface area contributed by atoms with E-state index in [1.54, 1.807) is 24.3 Å². The molecule has 0 aliphatic carbocycles. The number of benzene rings is 2. The summed E-state index contributed by atoms with van der Waals surface area (Å²) < 4.78 is 28.9. The van der Waals surface area contributed by atoms with Crippen molar-refractivity contribution in [1.82, 2.24) is 40.9 Å². The third-order valence-corrected chi connectivity index (χ3v) is 8.82. The summed E-state index contributed by atoms with van der Waals surface area (Å²) in [5, 5.41) is 24.6. The second-order valence-electron chi connectivity index (χ2n) is 12.4. The van der Waals surface area contributed by atoms with Gasteiger partial charge in [-0.1, -0.05) is 18.2 Å². The maximum absolute atomic E-state index is 14.3. The quantitative estimate of drug-likeness (QED) is 0.226. The van der Waals surface area contributed by atoms with Crippen LogP contribution in [0.5, 0.6) is 0 Å². The van der Waals surface area contributed by atoms with Crippen molar-refractivity contribution < 1.29 is 42.7 Å². The minimum atomic E-state index is -1.44. The van der Waals surface area contributed by atoms with Crippen molar-refractivity contribution >= 4 is 35.5 Å². The zero-order valence-corrected chi connectivity index (χ0v) is 27.5. The number of carboxylic acid groups (broad SMARTS) is 1. The number of hydrogen-bond donors (Lipinski definition) is 5. The highest BCUT2D eigenvalue weighted by Gasteiger charge is 2.43. The summed E-state index contributed by atoms with van der Waals surface area (Å²) in [5.74, 6) is -5.86. The van der Waals surface area contributed by atoms with Gasteiger partial charge in [0.2, 0.25) is 23.6 Å². The molecule has 3 aromatic rings.